The van der Waals surface area contributed by atoms with E-state index in [1.165, 1.54) is 5.56 Å². The zero-order chi connectivity index (χ0) is 19.8. The highest BCUT2D eigenvalue weighted by Crippen LogP contribution is 2.26. The molecule has 0 saturated heterocycles. The predicted molar refractivity (Wildman–Crippen MR) is 120 cm³/mol. The van der Waals surface area contributed by atoms with Gasteiger partial charge in [0.05, 0.1) is 15.6 Å². The van der Waals surface area contributed by atoms with Gasteiger partial charge in [-0.1, -0.05) is 59.4 Å². The van der Waals surface area contributed by atoms with E-state index in [2.05, 4.69) is 65.8 Å². The van der Waals surface area contributed by atoms with Crippen molar-refractivity contribution in [1.29, 1.82) is 0 Å². The average molecular weight is 398 g/mol. The van der Waals surface area contributed by atoms with Crippen LogP contribution in [0.15, 0.2) is 82.3 Å². The van der Waals surface area contributed by atoms with Crippen molar-refractivity contribution in [2.45, 2.75) is 13.8 Å². The van der Waals surface area contributed by atoms with Crippen LogP contribution in [0.4, 0.5) is 5.13 Å². The van der Waals surface area contributed by atoms with E-state index in [1.807, 2.05) is 36.4 Å². The Morgan fingerprint density at radius 3 is 2.52 bits per heavy atom. The largest absolute Gasteiger partial charge is 0.456 e. The summed E-state index contributed by atoms with van der Waals surface area (Å²) in [5, 5.41) is 7.22. The molecule has 5 aromatic rings. The van der Waals surface area contributed by atoms with Gasteiger partial charge in [-0.25, -0.2) is 4.98 Å². The van der Waals surface area contributed by atoms with Crippen molar-refractivity contribution in [3.05, 3.63) is 89.3 Å². The van der Waals surface area contributed by atoms with Gasteiger partial charge in [0.15, 0.2) is 0 Å². The number of anilines is 1. The molecule has 0 atom stereocenters. The summed E-state index contributed by atoms with van der Waals surface area (Å²) in [4.78, 5) is 4.60. The Morgan fingerprint density at radius 1 is 0.897 bits per heavy atom. The van der Waals surface area contributed by atoms with E-state index < -0.39 is 0 Å². The van der Waals surface area contributed by atoms with Crippen molar-refractivity contribution in [3.63, 3.8) is 0 Å². The first-order valence-corrected chi connectivity index (χ1v) is 10.2. The number of para-hydroxylation sites is 1. The molecule has 0 radical (unpaired) electrons. The normalized spacial score (nSPS) is 12.0. The van der Waals surface area contributed by atoms with Crippen LogP contribution in [0.2, 0.25) is 0 Å². The maximum atomic E-state index is 6.21. The Morgan fingerprint density at radius 2 is 1.69 bits per heavy atom. The summed E-state index contributed by atoms with van der Waals surface area (Å²) in [7, 11) is 0. The minimum absolute atomic E-state index is 0.768. The summed E-state index contributed by atoms with van der Waals surface area (Å²) in [6.45, 7) is 4.14. The molecule has 0 aliphatic carbocycles. The fraction of sp³-hybridized carbons (Fsp3) is 0.0833. The highest BCUT2D eigenvalue weighted by Gasteiger charge is 2.07. The SMILES string of the molecule is Cc1ccc(-c2cc(=NNc3nc4ccccc4s3)c3ccc(C)cc3o2)cc1. The van der Waals surface area contributed by atoms with Crippen LogP contribution in [0.3, 0.4) is 0 Å². The van der Waals surface area contributed by atoms with E-state index in [4.69, 9.17) is 4.42 Å². The second-order valence-corrected chi connectivity index (χ2v) is 8.10. The smallest absolute Gasteiger partial charge is 0.204 e. The number of nitrogens with zero attached hydrogens (tertiary/aromatic N) is 2. The lowest BCUT2D eigenvalue weighted by atomic mass is 10.1. The van der Waals surface area contributed by atoms with Gasteiger partial charge in [0, 0.05) is 17.0 Å². The summed E-state index contributed by atoms with van der Waals surface area (Å²) in [6.07, 6.45) is 0. The molecule has 1 N–H and O–H groups in total. The number of nitrogens with one attached hydrogen (secondary N) is 1. The van der Waals surface area contributed by atoms with Gasteiger partial charge in [0.25, 0.3) is 0 Å². The highest BCUT2D eigenvalue weighted by molar-refractivity contribution is 7.22. The number of benzene rings is 3. The molecular weight excluding hydrogens is 378 g/mol. The molecule has 142 valence electrons. The number of rotatable bonds is 3. The van der Waals surface area contributed by atoms with Crippen molar-refractivity contribution < 1.29 is 4.42 Å². The standard InChI is InChI=1S/C24H19N3OS/c1-15-7-10-17(11-8-15)21-14-20(18-12-9-16(2)13-22(18)28-21)26-27-24-25-19-5-3-4-6-23(19)29-24/h3-14H,1-2H3,(H,25,27). The topological polar surface area (TPSA) is 50.4 Å². The third kappa shape index (κ3) is 3.52. The van der Waals surface area contributed by atoms with Gasteiger partial charge in [-0.05, 0) is 43.7 Å². The lowest BCUT2D eigenvalue weighted by Crippen LogP contribution is -2.07. The summed E-state index contributed by atoms with van der Waals surface area (Å²) in [5.74, 6) is 0.785. The molecule has 0 amide bonds. The molecule has 29 heavy (non-hydrogen) atoms. The van der Waals surface area contributed by atoms with Gasteiger partial charge in [-0.3, -0.25) is 5.43 Å². The second kappa shape index (κ2) is 7.18. The fourth-order valence-electron chi connectivity index (χ4n) is 3.26. The Labute approximate surface area is 172 Å². The highest BCUT2D eigenvalue weighted by atomic mass is 32.1. The van der Waals surface area contributed by atoms with Crippen molar-refractivity contribution in [1.82, 2.24) is 4.98 Å². The van der Waals surface area contributed by atoms with Crippen LogP contribution in [0.1, 0.15) is 11.1 Å². The van der Waals surface area contributed by atoms with E-state index in [0.717, 1.165) is 48.6 Å². The maximum Gasteiger partial charge on any atom is 0.204 e. The Kier molecular flexibility index (Phi) is 4.37. The molecule has 0 unspecified atom stereocenters. The molecule has 2 heterocycles. The minimum atomic E-state index is 0.768. The monoisotopic (exact) mass is 397 g/mol. The first kappa shape index (κ1) is 17.6. The Balaban J connectivity index is 1.64. The van der Waals surface area contributed by atoms with E-state index in [1.54, 1.807) is 11.3 Å². The van der Waals surface area contributed by atoms with Gasteiger partial charge < -0.3 is 4.42 Å². The molecule has 3 aromatic carbocycles. The number of thiazole rings is 1. The number of hydrogen-bond acceptors (Lipinski definition) is 5. The van der Waals surface area contributed by atoms with Crippen LogP contribution in [0, 0.1) is 13.8 Å². The summed E-state index contributed by atoms with van der Waals surface area (Å²) < 4.78 is 7.34. The minimum Gasteiger partial charge on any atom is -0.456 e. The van der Waals surface area contributed by atoms with Crippen LogP contribution in [-0.2, 0) is 0 Å². The van der Waals surface area contributed by atoms with Crippen molar-refractivity contribution in [3.8, 4) is 11.3 Å². The second-order valence-electron chi connectivity index (χ2n) is 7.07. The van der Waals surface area contributed by atoms with E-state index in [9.17, 15) is 0 Å². The van der Waals surface area contributed by atoms with E-state index >= 15 is 0 Å². The van der Waals surface area contributed by atoms with Gasteiger partial charge in [0.2, 0.25) is 5.13 Å². The fourth-order valence-corrected chi connectivity index (χ4v) is 4.06. The molecular formula is C24H19N3OS. The van der Waals surface area contributed by atoms with E-state index in [-0.39, 0.29) is 0 Å². The van der Waals surface area contributed by atoms with Gasteiger partial charge >= 0.3 is 0 Å². The summed E-state index contributed by atoms with van der Waals surface area (Å²) >= 11 is 1.59. The summed E-state index contributed by atoms with van der Waals surface area (Å²) in [6, 6.07) is 24.5. The molecule has 0 fully saturated rings. The zero-order valence-electron chi connectivity index (χ0n) is 16.1. The molecule has 0 bridgehead atoms. The van der Waals surface area contributed by atoms with Gasteiger partial charge in [-0.2, -0.15) is 5.10 Å². The van der Waals surface area contributed by atoms with Crippen molar-refractivity contribution in [2.24, 2.45) is 5.10 Å². The molecule has 4 nitrogen and oxygen atoms in total. The third-order valence-corrected chi connectivity index (χ3v) is 5.74. The maximum absolute atomic E-state index is 6.21. The third-order valence-electron chi connectivity index (χ3n) is 4.80. The molecule has 0 aliphatic rings. The average Bonchev–Trinajstić information content (AvgIpc) is 3.15. The molecule has 0 spiro atoms. The van der Waals surface area contributed by atoms with Crippen LogP contribution in [0.5, 0.6) is 0 Å². The van der Waals surface area contributed by atoms with E-state index in [0.29, 0.717) is 0 Å². The zero-order valence-corrected chi connectivity index (χ0v) is 17.0. The Bertz CT molecular complexity index is 1360. The molecule has 5 rings (SSSR count). The van der Waals surface area contributed by atoms with Crippen LogP contribution in [-0.4, -0.2) is 4.98 Å². The first-order chi connectivity index (χ1) is 14.2. The van der Waals surface area contributed by atoms with Crippen LogP contribution < -0.4 is 10.8 Å². The number of fused-ring (bicyclic) bond motifs is 2. The van der Waals surface area contributed by atoms with Gasteiger partial charge in [0.1, 0.15) is 11.3 Å². The summed E-state index contributed by atoms with van der Waals surface area (Å²) in [5.41, 5.74) is 8.30. The number of hydrogen-bond donors (Lipinski definition) is 1. The predicted octanol–water partition coefficient (Wildman–Crippen LogP) is 6.25. The molecule has 5 heteroatoms. The first-order valence-electron chi connectivity index (χ1n) is 9.43. The van der Waals surface area contributed by atoms with Crippen molar-refractivity contribution in [2.75, 3.05) is 5.43 Å². The van der Waals surface area contributed by atoms with Gasteiger partial charge in [-0.15, -0.1) is 0 Å². The molecule has 2 aromatic heterocycles. The van der Waals surface area contributed by atoms with Crippen molar-refractivity contribution >= 4 is 37.7 Å². The quantitative estimate of drug-likeness (QED) is 0.366. The number of aryl methyl sites for hydroxylation is 2. The molecule has 0 aliphatic heterocycles. The lowest BCUT2D eigenvalue weighted by molar-refractivity contribution is 0.618. The molecule has 0 saturated carbocycles. The van der Waals surface area contributed by atoms with Crippen LogP contribution >= 0.6 is 11.3 Å². The number of aromatic nitrogens is 1. The van der Waals surface area contributed by atoms with Crippen LogP contribution in [0.25, 0.3) is 32.5 Å². The Hall–Kier alpha value is -3.44. The lowest BCUT2D eigenvalue weighted by Gasteiger charge is -2.06.